The molecule has 2 aromatic rings. The maximum Gasteiger partial charge on any atom is 0.225 e. The molecule has 6 heteroatoms. The zero-order valence-electron chi connectivity index (χ0n) is 15.0. The van der Waals surface area contributed by atoms with Gasteiger partial charge < -0.3 is 15.0 Å². The lowest BCUT2D eigenvalue weighted by molar-refractivity contribution is -0.116. The molecule has 0 unspecified atom stereocenters. The smallest absolute Gasteiger partial charge is 0.225 e. The molecule has 1 N–H and O–H groups in total. The zero-order chi connectivity index (χ0) is 18.4. The van der Waals surface area contributed by atoms with Gasteiger partial charge in [-0.05, 0) is 42.5 Å². The summed E-state index contributed by atoms with van der Waals surface area (Å²) in [6.07, 6.45) is 0.481. The molecule has 1 heterocycles. The van der Waals surface area contributed by atoms with Crippen LogP contribution in [-0.4, -0.2) is 50.6 Å². The summed E-state index contributed by atoms with van der Waals surface area (Å²) in [6.45, 7) is 4.60. The predicted molar refractivity (Wildman–Crippen MR) is 106 cm³/mol. The van der Waals surface area contributed by atoms with Gasteiger partial charge in [0.15, 0.2) is 0 Å². The molecule has 0 bridgehead atoms. The molecule has 1 aliphatic rings. The fraction of sp³-hybridized carbons (Fsp3) is 0.350. The van der Waals surface area contributed by atoms with Crippen LogP contribution < -0.4 is 15.0 Å². The first-order valence-electron chi connectivity index (χ1n) is 8.81. The van der Waals surface area contributed by atoms with Gasteiger partial charge in [0, 0.05) is 55.5 Å². The van der Waals surface area contributed by atoms with Crippen molar-refractivity contribution < 1.29 is 9.53 Å². The number of carbonyl (C=O) groups is 1. The van der Waals surface area contributed by atoms with E-state index >= 15 is 0 Å². The molecule has 0 radical (unpaired) electrons. The monoisotopic (exact) mass is 373 g/mol. The Labute approximate surface area is 159 Å². The van der Waals surface area contributed by atoms with Gasteiger partial charge in [0.25, 0.3) is 0 Å². The largest absolute Gasteiger partial charge is 0.497 e. The van der Waals surface area contributed by atoms with Crippen molar-refractivity contribution in [1.82, 2.24) is 4.90 Å². The maximum atomic E-state index is 12.1. The third-order valence-electron chi connectivity index (χ3n) is 4.57. The Balaban J connectivity index is 1.41. The van der Waals surface area contributed by atoms with Crippen LogP contribution in [0, 0.1) is 0 Å². The van der Waals surface area contributed by atoms with Crippen molar-refractivity contribution in [2.45, 2.75) is 6.42 Å². The van der Waals surface area contributed by atoms with E-state index in [0.29, 0.717) is 11.4 Å². The highest BCUT2D eigenvalue weighted by Crippen LogP contribution is 2.20. The lowest BCUT2D eigenvalue weighted by Gasteiger charge is -2.36. The van der Waals surface area contributed by atoms with Gasteiger partial charge in [0.1, 0.15) is 5.75 Å². The third-order valence-corrected chi connectivity index (χ3v) is 4.81. The Bertz CT molecular complexity index is 728. The van der Waals surface area contributed by atoms with E-state index in [-0.39, 0.29) is 5.91 Å². The molecule has 3 rings (SSSR count). The minimum atomic E-state index is 0.0184. The maximum absolute atomic E-state index is 12.1. The summed E-state index contributed by atoms with van der Waals surface area (Å²) in [5.74, 6) is 0.892. The minimum Gasteiger partial charge on any atom is -0.497 e. The van der Waals surface area contributed by atoms with Crippen LogP contribution in [0.25, 0.3) is 0 Å². The van der Waals surface area contributed by atoms with Crippen LogP contribution in [0.15, 0.2) is 48.5 Å². The summed E-state index contributed by atoms with van der Waals surface area (Å²) in [5, 5.41) is 3.52. The highest BCUT2D eigenvalue weighted by Gasteiger charge is 2.18. The summed E-state index contributed by atoms with van der Waals surface area (Å²) < 4.78 is 5.21. The molecular formula is C20H24ClN3O2. The van der Waals surface area contributed by atoms with Crippen molar-refractivity contribution in [3.8, 4) is 5.75 Å². The SMILES string of the molecule is COc1ccc(N2CCN(CCC(=O)Nc3cccc(Cl)c3)CC2)cc1. The van der Waals surface area contributed by atoms with Crippen LogP contribution >= 0.6 is 11.6 Å². The van der Waals surface area contributed by atoms with E-state index in [9.17, 15) is 4.79 Å². The van der Waals surface area contributed by atoms with Gasteiger partial charge in [-0.1, -0.05) is 17.7 Å². The number of amides is 1. The number of nitrogens with zero attached hydrogens (tertiary/aromatic N) is 2. The zero-order valence-corrected chi connectivity index (χ0v) is 15.7. The van der Waals surface area contributed by atoms with Gasteiger partial charge in [-0.15, -0.1) is 0 Å². The van der Waals surface area contributed by atoms with E-state index in [0.717, 1.165) is 44.2 Å². The Morgan fingerprint density at radius 1 is 1.12 bits per heavy atom. The molecule has 0 aromatic heterocycles. The summed E-state index contributed by atoms with van der Waals surface area (Å²) in [7, 11) is 1.68. The first-order chi connectivity index (χ1) is 12.6. The number of halogens is 1. The van der Waals surface area contributed by atoms with Gasteiger partial charge >= 0.3 is 0 Å². The fourth-order valence-electron chi connectivity index (χ4n) is 3.07. The molecule has 1 saturated heterocycles. The molecule has 2 aromatic carbocycles. The Morgan fingerprint density at radius 3 is 2.50 bits per heavy atom. The van der Waals surface area contributed by atoms with Crippen molar-refractivity contribution in [2.24, 2.45) is 0 Å². The molecular weight excluding hydrogens is 350 g/mol. The van der Waals surface area contributed by atoms with Gasteiger partial charge in [0.2, 0.25) is 5.91 Å². The average molecular weight is 374 g/mol. The van der Waals surface area contributed by atoms with E-state index in [2.05, 4.69) is 27.2 Å². The number of hydrogen-bond donors (Lipinski definition) is 1. The quantitative estimate of drug-likeness (QED) is 0.841. The van der Waals surface area contributed by atoms with E-state index in [1.54, 1.807) is 19.2 Å². The number of benzene rings is 2. The molecule has 0 atom stereocenters. The number of ether oxygens (including phenoxy) is 1. The molecule has 0 saturated carbocycles. The lowest BCUT2D eigenvalue weighted by Crippen LogP contribution is -2.47. The second-order valence-electron chi connectivity index (χ2n) is 6.34. The standard InChI is InChI=1S/C20H24ClN3O2/c1-26-19-7-5-18(6-8-19)24-13-11-23(12-14-24)10-9-20(25)22-17-4-2-3-16(21)15-17/h2-8,15H,9-14H2,1H3,(H,22,25). The average Bonchev–Trinajstić information content (AvgIpc) is 2.67. The minimum absolute atomic E-state index is 0.0184. The van der Waals surface area contributed by atoms with Gasteiger partial charge in [-0.3, -0.25) is 9.69 Å². The summed E-state index contributed by atoms with van der Waals surface area (Å²) >= 11 is 5.94. The van der Waals surface area contributed by atoms with Crippen LogP contribution in [0.4, 0.5) is 11.4 Å². The number of hydrogen-bond acceptors (Lipinski definition) is 4. The van der Waals surface area contributed by atoms with E-state index in [4.69, 9.17) is 16.3 Å². The second-order valence-corrected chi connectivity index (χ2v) is 6.77. The summed E-state index contributed by atoms with van der Waals surface area (Å²) in [6, 6.07) is 15.4. The topological polar surface area (TPSA) is 44.8 Å². The molecule has 1 fully saturated rings. The Morgan fingerprint density at radius 2 is 1.85 bits per heavy atom. The summed E-state index contributed by atoms with van der Waals surface area (Å²) in [5.41, 5.74) is 1.95. The van der Waals surface area contributed by atoms with Crippen molar-refractivity contribution in [3.63, 3.8) is 0 Å². The number of nitrogens with one attached hydrogen (secondary N) is 1. The number of carbonyl (C=O) groups excluding carboxylic acids is 1. The molecule has 138 valence electrons. The van der Waals surface area contributed by atoms with E-state index in [1.807, 2.05) is 24.3 Å². The van der Waals surface area contributed by atoms with Crippen LogP contribution in [0.2, 0.25) is 5.02 Å². The third kappa shape index (κ3) is 5.13. The number of piperazine rings is 1. The van der Waals surface area contributed by atoms with Crippen LogP contribution in [-0.2, 0) is 4.79 Å². The highest BCUT2D eigenvalue weighted by atomic mass is 35.5. The number of anilines is 2. The van der Waals surface area contributed by atoms with Crippen molar-refractivity contribution >= 4 is 28.9 Å². The highest BCUT2D eigenvalue weighted by molar-refractivity contribution is 6.30. The van der Waals surface area contributed by atoms with Crippen molar-refractivity contribution in [1.29, 1.82) is 0 Å². The number of methoxy groups -OCH3 is 1. The van der Waals surface area contributed by atoms with Gasteiger partial charge in [0.05, 0.1) is 7.11 Å². The number of rotatable bonds is 6. The van der Waals surface area contributed by atoms with Crippen LogP contribution in [0.1, 0.15) is 6.42 Å². The van der Waals surface area contributed by atoms with Crippen molar-refractivity contribution in [2.75, 3.05) is 50.1 Å². The Hall–Kier alpha value is -2.24. The second kappa shape index (κ2) is 8.92. The first-order valence-corrected chi connectivity index (χ1v) is 9.18. The van der Waals surface area contributed by atoms with Crippen LogP contribution in [0.5, 0.6) is 5.75 Å². The van der Waals surface area contributed by atoms with Crippen molar-refractivity contribution in [3.05, 3.63) is 53.6 Å². The fourth-order valence-corrected chi connectivity index (χ4v) is 3.26. The summed E-state index contributed by atoms with van der Waals surface area (Å²) in [4.78, 5) is 16.8. The molecule has 1 amide bonds. The molecule has 0 aliphatic carbocycles. The van der Waals surface area contributed by atoms with E-state index < -0.39 is 0 Å². The van der Waals surface area contributed by atoms with E-state index in [1.165, 1.54) is 5.69 Å². The first kappa shape index (κ1) is 18.5. The molecule has 26 heavy (non-hydrogen) atoms. The molecule has 1 aliphatic heterocycles. The Kier molecular flexibility index (Phi) is 6.36. The molecule has 0 spiro atoms. The lowest BCUT2D eigenvalue weighted by atomic mass is 10.2. The van der Waals surface area contributed by atoms with Gasteiger partial charge in [-0.25, -0.2) is 0 Å². The predicted octanol–water partition coefficient (Wildman–Crippen LogP) is 3.50. The van der Waals surface area contributed by atoms with Gasteiger partial charge in [-0.2, -0.15) is 0 Å². The normalized spacial score (nSPS) is 14.9. The molecule has 5 nitrogen and oxygen atoms in total. The van der Waals surface area contributed by atoms with Crippen LogP contribution in [0.3, 0.4) is 0 Å².